The van der Waals surface area contributed by atoms with Gasteiger partial charge in [-0.2, -0.15) is 16.8 Å². The number of hydrogen-bond donors (Lipinski definition) is 2. The SMILES string of the molecule is CC1(C)[C@H]2CCC1(CS(=O)(=O)O)C(=O)C2.CC1(C)[C@H]2CCC1(CS(=O)(=O)O)C(=O)C2.C[CH2][Sn][CH2]C. The normalized spacial score (nSPS) is 34.3. The Bertz CT molecular complexity index is 952. The first-order valence-corrected chi connectivity index (χ1v) is 19.7. The van der Waals surface area contributed by atoms with Crippen molar-refractivity contribution in [2.24, 2.45) is 33.5 Å². The van der Waals surface area contributed by atoms with Crippen molar-refractivity contribution in [2.45, 2.75) is 88.9 Å². The van der Waals surface area contributed by atoms with Gasteiger partial charge in [-0.25, -0.2) is 0 Å². The second-order valence-electron chi connectivity index (χ2n) is 11.7. The molecule has 11 heteroatoms. The van der Waals surface area contributed by atoms with E-state index in [2.05, 4.69) is 13.8 Å². The van der Waals surface area contributed by atoms with Crippen molar-refractivity contribution in [1.82, 2.24) is 0 Å². The summed E-state index contributed by atoms with van der Waals surface area (Å²) in [7, 11) is -8.15. The van der Waals surface area contributed by atoms with Crippen LogP contribution in [0.2, 0.25) is 8.87 Å². The Morgan fingerprint density at radius 2 is 1.06 bits per heavy atom. The van der Waals surface area contributed by atoms with Crippen molar-refractivity contribution in [3.63, 3.8) is 0 Å². The van der Waals surface area contributed by atoms with Crippen LogP contribution in [-0.2, 0) is 29.8 Å². The fourth-order valence-electron chi connectivity index (χ4n) is 7.09. The Hall–Kier alpha value is -0.0413. The minimum absolute atomic E-state index is 0.0152. The van der Waals surface area contributed by atoms with E-state index in [4.69, 9.17) is 9.11 Å². The molecular weight excluding hydrogens is 599 g/mol. The van der Waals surface area contributed by atoms with Crippen LogP contribution in [0.15, 0.2) is 0 Å². The molecule has 0 aromatic carbocycles. The zero-order valence-electron chi connectivity index (χ0n) is 21.9. The number of fused-ring (bicyclic) bond motifs is 4. The van der Waals surface area contributed by atoms with E-state index in [0.29, 0.717) is 25.7 Å². The zero-order chi connectivity index (χ0) is 27.1. The first-order valence-electron chi connectivity index (χ1n) is 12.5. The maximum atomic E-state index is 11.9. The van der Waals surface area contributed by atoms with Gasteiger partial charge < -0.3 is 0 Å². The molecule has 0 aliphatic heterocycles. The summed E-state index contributed by atoms with van der Waals surface area (Å²) in [6.07, 6.45) is 3.94. The van der Waals surface area contributed by atoms with Gasteiger partial charge in [0, 0.05) is 12.8 Å². The Morgan fingerprint density at radius 1 is 0.743 bits per heavy atom. The van der Waals surface area contributed by atoms with Gasteiger partial charge in [-0.15, -0.1) is 0 Å². The van der Waals surface area contributed by atoms with E-state index >= 15 is 0 Å². The summed E-state index contributed by atoms with van der Waals surface area (Å²) in [5.74, 6) is -0.203. The van der Waals surface area contributed by atoms with Crippen LogP contribution < -0.4 is 0 Å². The zero-order valence-corrected chi connectivity index (χ0v) is 26.4. The Labute approximate surface area is 221 Å². The number of carbonyl (C=O) groups is 2. The first kappa shape index (κ1) is 31.2. The number of hydrogen-bond acceptors (Lipinski definition) is 6. The van der Waals surface area contributed by atoms with E-state index in [1.807, 2.05) is 27.7 Å². The standard InChI is InChI=1S/2C10H16O4S.2C2H5.Sn/c2*1-9(2)7-3-4-10(9,8(11)5-7)6-15(12,13)14;2*1-2;/h2*7H,3-6H2,1-2H3,(H,12,13,14);2*1H2,2H3;/t2*7-,10?;;;/m00.../s1. The molecule has 4 bridgehead atoms. The van der Waals surface area contributed by atoms with Crippen molar-refractivity contribution < 1.29 is 35.5 Å². The molecule has 0 heterocycles. The molecule has 0 spiro atoms. The van der Waals surface area contributed by atoms with Crippen LogP contribution in [0.3, 0.4) is 0 Å². The maximum absolute atomic E-state index is 11.9. The van der Waals surface area contributed by atoms with Crippen molar-refractivity contribution in [1.29, 1.82) is 0 Å². The third kappa shape index (κ3) is 6.01. The van der Waals surface area contributed by atoms with Gasteiger partial charge in [-0.05, 0) is 48.3 Å². The monoisotopic (exact) mass is 642 g/mol. The van der Waals surface area contributed by atoms with Gasteiger partial charge in [0.05, 0.1) is 22.3 Å². The van der Waals surface area contributed by atoms with Crippen molar-refractivity contribution >= 4 is 52.9 Å². The summed E-state index contributed by atoms with van der Waals surface area (Å²) < 4.78 is 65.0. The molecule has 202 valence electrons. The van der Waals surface area contributed by atoms with E-state index < -0.39 is 42.6 Å². The van der Waals surface area contributed by atoms with Crippen molar-refractivity contribution in [2.75, 3.05) is 11.5 Å². The van der Waals surface area contributed by atoms with E-state index in [-0.39, 0.29) is 55.4 Å². The van der Waals surface area contributed by atoms with Crippen molar-refractivity contribution in [3.8, 4) is 0 Å². The molecule has 4 rings (SSSR count). The van der Waals surface area contributed by atoms with Gasteiger partial charge in [0.15, 0.2) is 0 Å². The van der Waals surface area contributed by atoms with Gasteiger partial charge in [0.2, 0.25) is 0 Å². The van der Waals surface area contributed by atoms with Gasteiger partial charge in [-0.3, -0.25) is 18.7 Å². The molecule has 0 aromatic rings. The summed E-state index contributed by atoms with van der Waals surface area (Å²) in [5.41, 5.74) is -2.24. The Morgan fingerprint density at radius 3 is 1.20 bits per heavy atom. The average molecular weight is 641 g/mol. The van der Waals surface area contributed by atoms with Crippen LogP contribution in [0, 0.1) is 33.5 Å². The molecule has 4 aliphatic rings. The van der Waals surface area contributed by atoms with Crippen LogP contribution in [-0.4, -0.2) is 70.2 Å². The Balaban J connectivity index is 0.000000208. The molecule has 0 saturated heterocycles. The summed E-state index contributed by atoms with van der Waals surface area (Å²) in [6, 6.07) is 0. The van der Waals surface area contributed by atoms with Gasteiger partial charge in [0.1, 0.15) is 11.6 Å². The predicted molar refractivity (Wildman–Crippen MR) is 137 cm³/mol. The molecule has 35 heavy (non-hydrogen) atoms. The van der Waals surface area contributed by atoms with Gasteiger partial charge in [-0.1, -0.05) is 27.7 Å². The molecule has 4 fully saturated rings. The molecule has 8 nitrogen and oxygen atoms in total. The average Bonchev–Trinajstić information content (AvgIpc) is 3.20. The molecule has 2 radical (unpaired) electrons. The van der Waals surface area contributed by atoms with Crippen LogP contribution in [0.25, 0.3) is 0 Å². The molecular formula is C24H42O8S2Sn. The molecule has 4 saturated carbocycles. The third-order valence-electron chi connectivity index (χ3n) is 9.64. The number of Topliss-reactive ketones (excluding diaryl/α,β-unsaturated/α-hetero) is 2. The first-order chi connectivity index (χ1) is 15.8. The molecule has 0 aromatic heterocycles. The van der Waals surface area contributed by atoms with E-state index in [0.717, 1.165) is 12.8 Å². The summed E-state index contributed by atoms with van der Waals surface area (Å²) in [6.45, 7) is 12.4. The second kappa shape index (κ2) is 10.6. The van der Waals surface area contributed by atoms with E-state index in [9.17, 15) is 26.4 Å². The predicted octanol–water partition coefficient (Wildman–Crippen LogP) is 4.11. The second-order valence-corrected chi connectivity index (χ2v) is 20.1. The topological polar surface area (TPSA) is 143 Å². The van der Waals surface area contributed by atoms with Crippen LogP contribution >= 0.6 is 0 Å². The molecule has 2 N–H and O–H groups in total. The van der Waals surface area contributed by atoms with Gasteiger partial charge in [0.25, 0.3) is 20.2 Å². The Kier molecular flexibility index (Phi) is 9.45. The minimum atomic E-state index is -4.08. The van der Waals surface area contributed by atoms with E-state index in [1.54, 1.807) is 0 Å². The fraction of sp³-hybridized carbons (Fsp3) is 0.917. The summed E-state index contributed by atoms with van der Waals surface area (Å²) in [4.78, 5) is 23.8. The van der Waals surface area contributed by atoms with Crippen LogP contribution in [0.1, 0.15) is 80.1 Å². The molecule has 4 atom stereocenters. The summed E-state index contributed by atoms with van der Waals surface area (Å²) >= 11 is 0.218. The fourth-order valence-corrected chi connectivity index (χ4v) is 11.1. The summed E-state index contributed by atoms with van der Waals surface area (Å²) in [5, 5.41) is 0. The molecule has 0 amide bonds. The van der Waals surface area contributed by atoms with Gasteiger partial charge >= 0.3 is 43.9 Å². The number of rotatable bonds is 6. The van der Waals surface area contributed by atoms with Crippen LogP contribution in [0.5, 0.6) is 0 Å². The van der Waals surface area contributed by atoms with Crippen LogP contribution in [0.4, 0.5) is 0 Å². The quantitative estimate of drug-likeness (QED) is 0.326. The molecule has 2 unspecified atom stereocenters. The number of ketones is 2. The third-order valence-corrected chi connectivity index (χ3v) is 14.2. The molecule has 4 aliphatic carbocycles. The number of carbonyl (C=O) groups excluding carboxylic acids is 2. The van der Waals surface area contributed by atoms with Crippen molar-refractivity contribution in [3.05, 3.63) is 0 Å². The van der Waals surface area contributed by atoms with E-state index in [1.165, 1.54) is 8.87 Å².